The van der Waals surface area contributed by atoms with Crippen LogP contribution in [0.2, 0.25) is 0 Å². The summed E-state index contributed by atoms with van der Waals surface area (Å²) < 4.78 is 0. The lowest BCUT2D eigenvalue weighted by Gasteiger charge is -2.36. The van der Waals surface area contributed by atoms with Crippen molar-refractivity contribution >= 4 is 102 Å². The SMILES string of the molecule is c1ccc(N(C2=NC3=NC(N(c4ccccc4)c4ccc5ccccc5c4)=NC4=NC(N(c5ccccc5)c5ccc6ccccc6c5)=NC(=N2)N34)c2ccc3ccccc3c2)cc1. The molecule has 0 N–H and O–H groups in total. The van der Waals surface area contributed by atoms with E-state index in [1.165, 1.54) is 0 Å². The molecule has 302 valence electrons. The van der Waals surface area contributed by atoms with Crippen LogP contribution < -0.4 is 14.7 Å². The highest BCUT2D eigenvalue weighted by Gasteiger charge is 2.39. The molecular weight excluding hydrogens is 789 g/mol. The number of aliphatic imine (C=N–C) groups is 6. The van der Waals surface area contributed by atoms with Crippen LogP contribution in [0, 0.1) is 0 Å². The Morgan fingerprint density at radius 2 is 0.500 bits per heavy atom. The Balaban J connectivity index is 1.10. The van der Waals surface area contributed by atoms with E-state index >= 15 is 0 Å². The summed E-state index contributed by atoms with van der Waals surface area (Å²) in [5.41, 5.74) is 5.26. The number of rotatable bonds is 6. The Morgan fingerprint density at radius 1 is 0.234 bits per heavy atom. The fraction of sp³-hybridized carbons (Fsp3) is 0. The topological polar surface area (TPSA) is 87.1 Å². The third-order valence-corrected chi connectivity index (χ3v) is 11.4. The molecule has 0 unspecified atom stereocenters. The molecule has 0 saturated heterocycles. The van der Waals surface area contributed by atoms with Gasteiger partial charge in [0, 0.05) is 34.1 Å². The molecule has 3 aliphatic heterocycles. The van der Waals surface area contributed by atoms with Gasteiger partial charge in [0.1, 0.15) is 0 Å². The maximum Gasteiger partial charge on any atom is 0.246 e. The number of anilines is 6. The highest BCUT2D eigenvalue weighted by Crippen LogP contribution is 2.36. The molecular formula is C54H36N10. The van der Waals surface area contributed by atoms with E-state index in [4.69, 9.17) is 30.0 Å². The molecule has 0 atom stereocenters. The molecule has 0 aliphatic carbocycles. The van der Waals surface area contributed by atoms with E-state index in [1.807, 2.05) is 106 Å². The summed E-state index contributed by atoms with van der Waals surface area (Å²) in [6.45, 7) is 0. The fourth-order valence-corrected chi connectivity index (χ4v) is 8.37. The molecule has 0 saturated carbocycles. The van der Waals surface area contributed by atoms with Gasteiger partial charge >= 0.3 is 0 Å². The first kappa shape index (κ1) is 36.8. The van der Waals surface area contributed by atoms with E-state index < -0.39 is 0 Å². The van der Waals surface area contributed by atoms with Gasteiger partial charge in [-0.2, -0.15) is 30.0 Å². The maximum absolute atomic E-state index is 5.27. The minimum Gasteiger partial charge on any atom is -0.279 e. The van der Waals surface area contributed by atoms with Crippen LogP contribution in [-0.4, -0.2) is 40.7 Å². The Bertz CT molecular complexity index is 3100. The molecule has 3 aliphatic rings. The van der Waals surface area contributed by atoms with Gasteiger partial charge in [0.05, 0.1) is 0 Å². The quantitative estimate of drug-likeness (QED) is 0.167. The molecule has 64 heavy (non-hydrogen) atoms. The summed E-state index contributed by atoms with van der Waals surface area (Å²) in [6.07, 6.45) is 0. The summed E-state index contributed by atoms with van der Waals surface area (Å²) in [7, 11) is 0. The van der Waals surface area contributed by atoms with Gasteiger partial charge in [0.25, 0.3) is 0 Å². The first-order chi connectivity index (χ1) is 31.7. The lowest BCUT2D eigenvalue weighted by Crippen LogP contribution is -2.51. The first-order valence-corrected chi connectivity index (χ1v) is 21.0. The predicted molar refractivity (Wildman–Crippen MR) is 264 cm³/mol. The summed E-state index contributed by atoms with van der Waals surface area (Å²) in [5, 5.41) is 6.66. The van der Waals surface area contributed by atoms with Gasteiger partial charge in [-0.25, -0.2) is 4.90 Å². The standard InChI is InChI=1S/C54H36N10/c1-4-22-43(23-5-1)61(46-31-28-37-16-10-13-19-40(37)34-46)49-55-52-57-50(62(44-24-6-2-7-25-44)47-32-29-38-17-11-14-20-41(38)35-47)59-54-60-51(58-53(56-49)64(52)54)63(45-26-8-3-9-27-45)48-33-30-39-18-12-15-21-42(39)36-48/h1-36H. The van der Waals surface area contributed by atoms with E-state index in [0.29, 0.717) is 35.8 Å². The number of benzene rings is 9. The third-order valence-electron chi connectivity index (χ3n) is 11.4. The molecule has 0 aromatic heterocycles. The Morgan fingerprint density at radius 3 is 0.797 bits per heavy atom. The van der Waals surface area contributed by atoms with Gasteiger partial charge in [-0.15, -0.1) is 0 Å². The van der Waals surface area contributed by atoms with Crippen molar-refractivity contribution in [3.63, 3.8) is 0 Å². The predicted octanol–water partition coefficient (Wildman–Crippen LogP) is 12.4. The average molecular weight is 825 g/mol. The van der Waals surface area contributed by atoms with Gasteiger partial charge in [0.15, 0.2) is 0 Å². The van der Waals surface area contributed by atoms with Gasteiger partial charge in [-0.05, 0) is 105 Å². The van der Waals surface area contributed by atoms with E-state index in [-0.39, 0.29) is 0 Å². The van der Waals surface area contributed by atoms with Crippen molar-refractivity contribution < 1.29 is 0 Å². The monoisotopic (exact) mass is 824 g/mol. The van der Waals surface area contributed by atoms with Gasteiger partial charge in [-0.1, -0.05) is 146 Å². The second kappa shape index (κ2) is 15.5. The Kier molecular flexibility index (Phi) is 8.89. The van der Waals surface area contributed by atoms with Crippen molar-refractivity contribution in [1.29, 1.82) is 0 Å². The molecule has 9 aromatic rings. The second-order valence-corrected chi connectivity index (χ2v) is 15.4. The van der Waals surface area contributed by atoms with Crippen molar-refractivity contribution in [3.05, 3.63) is 218 Å². The van der Waals surface area contributed by atoms with Crippen molar-refractivity contribution in [3.8, 4) is 0 Å². The molecule has 0 fully saturated rings. The molecule has 3 heterocycles. The fourth-order valence-electron chi connectivity index (χ4n) is 8.37. The summed E-state index contributed by atoms with van der Waals surface area (Å²) >= 11 is 0. The molecule has 9 aromatic carbocycles. The van der Waals surface area contributed by atoms with Crippen molar-refractivity contribution in [2.75, 3.05) is 14.7 Å². The highest BCUT2D eigenvalue weighted by atomic mass is 15.6. The zero-order chi connectivity index (χ0) is 42.4. The Hall–Kier alpha value is -9.02. The van der Waals surface area contributed by atoms with Crippen molar-refractivity contribution in [2.24, 2.45) is 30.0 Å². The van der Waals surface area contributed by atoms with Gasteiger partial charge in [-0.3, -0.25) is 14.7 Å². The van der Waals surface area contributed by atoms with E-state index in [0.717, 1.165) is 66.4 Å². The largest absolute Gasteiger partial charge is 0.279 e. The number of para-hydroxylation sites is 3. The lowest BCUT2D eigenvalue weighted by atomic mass is 10.1. The zero-order valence-electron chi connectivity index (χ0n) is 34.3. The molecule has 12 rings (SSSR count). The molecule has 0 amide bonds. The highest BCUT2D eigenvalue weighted by molar-refractivity contribution is 6.34. The van der Waals surface area contributed by atoms with Crippen LogP contribution in [0.1, 0.15) is 0 Å². The molecule has 0 bridgehead atoms. The minimum absolute atomic E-state index is 0.326. The van der Waals surface area contributed by atoms with Crippen LogP contribution >= 0.6 is 0 Å². The lowest BCUT2D eigenvalue weighted by molar-refractivity contribution is 0.821. The maximum atomic E-state index is 5.27. The van der Waals surface area contributed by atoms with Crippen molar-refractivity contribution in [2.45, 2.75) is 0 Å². The number of hydrogen-bond donors (Lipinski definition) is 0. The molecule has 10 nitrogen and oxygen atoms in total. The number of nitrogens with zero attached hydrogens (tertiary/aromatic N) is 10. The minimum atomic E-state index is 0.326. The molecule has 0 radical (unpaired) electrons. The van der Waals surface area contributed by atoms with E-state index in [1.54, 1.807) is 4.90 Å². The van der Waals surface area contributed by atoms with E-state index in [9.17, 15) is 0 Å². The number of guanidine groups is 6. The number of hydrogen-bond acceptors (Lipinski definition) is 10. The summed E-state index contributed by atoms with van der Waals surface area (Å²) in [5.74, 6) is 2.12. The van der Waals surface area contributed by atoms with Crippen LogP contribution in [-0.2, 0) is 0 Å². The van der Waals surface area contributed by atoms with Crippen LogP contribution in [0.3, 0.4) is 0 Å². The average Bonchev–Trinajstić information content (AvgIpc) is 3.35. The molecule has 0 spiro atoms. The third kappa shape index (κ3) is 6.63. The number of fused-ring (bicyclic) bond motifs is 3. The van der Waals surface area contributed by atoms with Gasteiger partial charge < -0.3 is 0 Å². The molecule has 10 heteroatoms. The van der Waals surface area contributed by atoms with Crippen LogP contribution in [0.4, 0.5) is 34.1 Å². The summed E-state index contributed by atoms with van der Waals surface area (Å²) in [4.78, 5) is 39.5. The second-order valence-electron chi connectivity index (χ2n) is 15.4. The van der Waals surface area contributed by atoms with Crippen molar-refractivity contribution in [1.82, 2.24) is 4.90 Å². The normalized spacial score (nSPS) is 14.2. The van der Waals surface area contributed by atoms with Crippen LogP contribution in [0.5, 0.6) is 0 Å². The van der Waals surface area contributed by atoms with Crippen LogP contribution in [0.15, 0.2) is 248 Å². The zero-order valence-corrected chi connectivity index (χ0v) is 34.3. The Labute approximate surface area is 368 Å². The van der Waals surface area contributed by atoms with E-state index in [2.05, 4.69) is 127 Å². The van der Waals surface area contributed by atoms with Gasteiger partial charge in [0.2, 0.25) is 35.8 Å². The smallest absolute Gasteiger partial charge is 0.246 e. The van der Waals surface area contributed by atoms with Crippen LogP contribution in [0.25, 0.3) is 32.3 Å². The first-order valence-electron chi connectivity index (χ1n) is 21.0. The summed E-state index contributed by atoms with van der Waals surface area (Å²) in [6, 6.07) is 74.5.